The van der Waals surface area contributed by atoms with Gasteiger partial charge in [0.2, 0.25) is 0 Å². The van der Waals surface area contributed by atoms with Crippen molar-refractivity contribution in [3.63, 3.8) is 0 Å². The van der Waals surface area contributed by atoms with Gasteiger partial charge in [-0.2, -0.15) is 0 Å². The number of aryl methyl sites for hydroxylation is 4. The van der Waals surface area contributed by atoms with Crippen molar-refractivity contribution in [2.75, 3.05) is 26.4 Å². The molecular weight excluding hydrogens is 536 g/mol. The number of rotatable bonds is 14. The number of ether oxygens (including phenoxy) is 4. The van der Waals surface area contributed by atoms with E-state index in [2.05, 4.69) is 37.4 Å². The van der Waals surface area contributed by atoms with Gasteiger partial charge < -0.3 is 29.2 Å². The standard InChI is InChI=1S/C34H44O8/c1-7-30(37)39-18-28(35)20-41-32-22(3)14-26(15-23(32)4)34(12-10-9-11-13-34)27-16-24(5)33(25(6)17-27)42-21-29(36)19-40-31(38)8-2/h7-8,14-17,28-29,35-36H,1-2,9-13,18-21H2,3-6H3. The Labute approximate surface area is 248 Å². The molecule has 0 bridgehead atoms. The summed E-state index contributed by atoms with van der Waals surface area (Å²) in [5, 5.41) is 20.4. The Balaban J connectivity index is 1.83. The SMILES string of the molecule is C=CC(=O)OCC(O)COc1c(C)cc(C2(c3cc(C)c(OCC(O)COC(=O)C=C)c(C)c3)CCCCC2)cc1C. The molecule has 42 heavy (non-hydrogen) atoms. The predicted octanol–water partition coefficient (Wildman–Crippen LogP) is 5.11. The van der Waals surface area contributed by atoms with Crippen LogP contribution >= 0.6 is 0 Å². The normalized spacial score (nSPS) is 15.7. The summed E-state index contributed by atoms with van der Waals surface area (Å²) in [5.41, 5.74) is 6.20. The maximum atomic E-state index is 11.3. The highest BCUT2D eigenvalue weighted by atomic mass is 16.6. The van der Waals surface area contributed by atoms with Crippen LogP contribution in [0.2, 0.25) is 0 Å². The quantitative estimate of drug-likeness (QED) is 0.234. The van der Waals surface area contributed by atoms with E-state index in [9.17, 15) is 19.8 Å². The van der Waals surface area contributed by atoms with Gasteiger partial charge in [-0.1, -0.05) is 56.7 Å². The lowest BCUT2D eigenvalue weighted by atomic mass is 9.64. The monoisotopic (exact) mass is 580 g/mol. The molecule has 2 unspecified atom stereocenters. The van der Waals surface area contributed by atoms with Crippen LogP contribution in [-0.4, -0.2) is 60.8 Å². The van der Waals surface area contributed by atoms with Crippen molar-refractivity contribution in [3.05, 3.63) is 83.0 Å². The minimum atomic E-state index is -0.952. The van der Waals surface area contributed by atoms with Gasteiger partial charge in [0.25, 0.3) is 0 Å². The predicted molar refractivity (Wildman–Crippen MR) is 161 cm³/mol. The molecule has 2 N–H and O–H groups in total. The molecule has 8 heteroatoms. The molecule has 1 aliphatic rings. The van der Waals surface area contributed by atoms with Crippen LogP contribution in [0.5, 0.6) is 11.5 Å². The van der Waals surface area contributed by atoms with Gasteiger partial charge in [0.05, 0.1) is 0 Å². The Morgan fingerprint density at radius 3 is 1.40 bits per heavy atom. The number of carbonyl (C=O) groups is 2. The summed E-state index contributed by atoms with van der Waals surface area (Å²) in [6.45, 7) is 14.4. The van der Waals surface area contributed by atoms with Crippen molar-refractivity contribution in [2.24, 2.45) is 0 Å². The molecule has 0 aromatic heterocycles. The summed E-state index contributed by atoms with van der Waals surface area (Å²) >= 11 is 0. The van der Waals surface area contributed by atoms with Crippen LogP contribution in [0.4, 0.5) is 0 Å². The summed E-state index contributed by atoms with van der Waals surface area (Å²) in [6, 6.07) is 8.75. The maximum absolute atomic E-state index is 11.3. The number of esters is 2. The van der Waals surface area contributed by atoms with Crippen LogP contribution in [-0.2, 0) is 24.5 Å². The van der Waals surface area contributed by atoms with Gasteiger partial charge in [0, 0.05) is 17.6 Å². The third-order valence-electron chi connectivity index (χ3n) is 7.74. The fraction of sp³-hybridized carbons (Fsp3) is 0.471. The topological polar surface area (TPSA) is 112 Å². The fourth-order valence-corrected chi connectivity index (χ4v) is 5.74. The van der Waals surface area contributed by atoms with Crippen molar-refractivity contribution in [1.82, 2.24) is 0 Å². The van der Waals surface area contributed by atoms with Gasteiger partial charge in [-0.3, -0.25) is 0 Å². The molecule has 0 heterocycles. The highest BCUT2D eigenvalue weighted by molar-refractivity contribution is 5.81. The summed E-state index contributed by atoms with van der Waals surface area (Å²) in [6.07, 6.45) is 5.69. The van der Waals surface area contributed by atoms with E-state index >= 15 is 0 Å². The first-order chi connectivity index (χ1) is 20.0. The second-order valence-electron chi connectivity index (χ2n) is 11.1. The molecule has 1 aliphatic carbocycles. The average Bonchev–Trinajstić information content (AvgIpc) is 2.97. The molecule has 0 spiro atoms. The number of aliphatic hydroxyl groups is 2. The number of aliphatic hydroxyl groups excluding tert-OH is 2. The van der Waals surface area contributed by atoms with E-state index in [0.717, 1.165) is 60.1 Å². The van der Waals surface area contributed by atoms with Gasteiger partial charge in [-0.15, -0.1) is 0 Å². The smallest absolute Gasteiger partial charge is 0.330 e. The van der Waals surface area contributed by atoms with Crippen LogP contribution in [0.15, 0.2) is 49.6 Å². The van der Waals surface area contributed by atoms with Crippen molar-refractivity contribution in [1.29, 1.82) is 0 Å². The molecule has 2 aromatic carbocycles. The summed E-state index contributed by atoms with van der Waals surface area (Å²) in [7, 11) is 0. The molecule has 0 amide bonds. The Bertz CT molecular complexity index is 1140. The largest absolute Gasteiger partial charge is 0.490 e. The lowest BCUT2D eigenvalue weighted by molar-refractivity contribution is -0.142. The van der Waals surface area contributed by atoms with Gasteiger partial charge in [-0.25, -0.2) is 9.59 Å². The minimum Gasteiger partial charge on any atom is -0.490 e. The van der Waals surface area contributed by atoms with Gasteiger partial charge in [0.1, 0.15) is 50.1 Å². The van der Waals surface area contributed by atoms with E-state index in [1.165, 1.54) is 17.5 Å². The number of benzene rings is 2. The van der Waals surface area contributed by atoms with Crippen LogP contribution in [0.1, 0.15) is 65.5 Å². The Morgan fingerprint density at radius 1 is 0.714 bits per heavy atom. The highest BCUT2D eigenvalue weighted by Gasteiger charge is 2.37. The molecule has 0 radical (unpaired) electrons. The van der Waals surface area contributed by atoms with Gasteiger partial charge >= 0.3 is 11.9 Å². The molecule has 2 atom stereocenters. The van der Waals surface area contributed by atoms with E-state index in [0.29, 0.717) is 11.5 Å². The van der Waals surface area contributed by atoms with Crippen molar-refractivity contribution in [3.8, 4) is 11.5 Å². The zero-order valence-electron chi connectivity index (χ0n) is 25.2. The van der Waals surface area contributed by atoms with E-state index in [4.69, 9.17) is 18.9 Å². The number of hydrogen-bond acceptors (Lipinski definition) is 8. The zero-order chi connectivity index (χ0) is 30.9. The molecule has 3 rings (SSSR count). The van der Waals surface area contributed by atoms with Crippen molar-refractivity contribution in [2.45, 2.75) is 77.4 Å². The summed E-state index contributed by atoms with van der Waals surface area (Å²) in [4.78, 5) is 22.6. The van der Waals surface area contributed by atoms with Crippen LogP contribution in [0, 0.1) is 27.7 Å². The zero-order valence-corrected chi connectivity index (χ0v) is 25.2. The molecule has 8 nitrogen and oxygen atoms in total. The molecule has 1 fully saturated rings. The van der Waals surface area contributed by atoms with E-state index in [1.807, 2.05) is 27.7 Å². The van der Waals surface area contributed by atoms with E-state index < -0.39 is 24.1 Å². The van der Waals surface area contributed by atoms with Gasteiger partial charge in [-0.05, 0) is 73.9 Å². The minimum absolute atomic E-state index is 0.00182. The van der Waals surface area contributed by atoms with E-state index in [-0.39, 0.29) is 31.8 Å². The van der Waals surface area contributed by atoms with E-state index in [1.54, 1.807) is 0 Å². The highest BCUT2D eigenvalue weighted by Crippen LogP contribution is 2.47. The number of carbonyl (C=O) groups excluding carboxylic acids is 2. The van der Waals surface area contributed by atoms with Crippen molar-refractivity contribution < 1.29 is 38.7 Å². The maximum Gasteiger partial charge on any atom is 0.330 e. The average molecular weight is 581 g/mol. The second kappa shape index (κ2) is 15.0. The Kier molecular flexibility index (Phi) is 11.8. The van der Waals surface area contributed by atoms with Crippen LogP contribution in [0.25, 0.3) is 0 Å². The molecule has 0 saturated heterocycles. The van der Waals surface area contributed by atoms with Crippen molar-refractivity contribution >= 4 is 11.9 Å². The van der Waals surface area contributed by atoms with Crippen LogP contribution in [0.3, 0.4) is 0 Å². The number of hydrogen-bond donors (Lipinski definition) is 2. The second-order valence-corrected chi connectivity index (χ2v) is 11.1. The summed E-state index contributed by atoms with van der Waals surface area (Å²) < 4.78 is 21.8. The Morgan fingerprint density at radius 2 is 1.07 bits per heavy atom. The molecule has 228 valence electrons. The lowest BCUT2D eigenvalue weighted by Gasteiger charge is -2.40. The third-order valence-corrected chi connectivity index (χ3v) is 7.74. The Hall–Kier alpha value is -3.62. The molecular formula is C34H44O8. The molecule has 1 saturated carbocycles. The third kappa shape index (κ3) is 8.23. The molecule has 0 aliphatic heterocycles. The first kappa shape index (κ1) is 32.9. The summed E-state index contributed by atoms with van der Waals surface area (Å²) in [5.74, 6) is 0.259. The first-order valence-electron chi connectivity index (χ1n) is 14.4. The van der Waals surface area contributed by atoms with Gasteiger partial charge in [0.15, 0.2) is 0 Å². The lowest BCUT2D eigenvalue weighted by Crippen LogP contribution is -2.31. The molecule has 2 aromatic rings. The van der Waals surface area contributed by atoms with Crippen LogP contribution < -0.4 is 9.47 Å². The first-order valence-corrected chi connectivity index (χ1v) is 14.4. The fourth-order valence-electron chi connectivity index (χ4n) is 5.74.